The molecule has 0 fully saturated rings. The van der Waals surface area contributed by atoms with E-state index in [1.54, 1.807) is 30.3 Å². The Kier molecular flexibility index (Phi) is 9.19. The van der Waals surface area contributed by atoms with E-state index in [-0.39, 0.29) is 10.6 Å². The molecule has 9 heteroatoms. The number of methoxy groups -OCH3 is 1. The van der Waals surface area contributed by atoms with Crippen LogP contribution in [0, 0.1) is 13.8 Å². The molecule has 4 rings (SSSR count). The SMILES string of the molecule is COc1ccc(C)cc1N(CC(=O)N/N=C\c1ccccc1OCc1ccccc1)S(=O)(=O)c1ccc(C)cc1. The molecule has 0 aromatic heterocycles. The number of amides is 1. The number of benzene rings is 4. The highest BCUT2D eigenvalue weighted by Crippen LogP contribution is 2.33. The van der Waals surface area contributed by atoms with E-state index >= 15 is 0 Å². The van der Waals surface area contributed by atoms with Crippen molar-refractivity contribution in [1.82, 2.24) is 5.43 Å². The highest BCUT2D eigenvalue weighted by atomic mass is 32.2. The van der Waals surface area contributed by atoms with E-state index in [2.05, 4.69) is 10.5 Å². The Labute approximate surface area is 234 Å². The number of anilines is 1. The summed E-state index contributed by atoms with van der Waals surface area (Å²) < 4.78 is 39.9. The Morgan fingerprint density at radius 1 is 0.875 bits per heavy atom. The number of sulfonamides is 1. The van der Waals surface area contributed by atoms with Crippen molar-refractivity contribution in [2.24, 2.45) is 5.10 Å². The first kappa shape index (κ1) is 28.4. The third-order valence-electron chi connectivity index (χ3n) is 6.05. The largest absolute Gasteiger partial charge is 0.495 e. The van der Waals surface area contributed by atoms with Crippen molar-refractivity contribution >= 4 is 27.8 Å². The van der Waals surface area contributed by atoms with Gasteiger partial charge < -0.3 is 9.47 Å². The van der Waals surface area contributed by atoms with E-state index in [4.69, 9.17) is 9.47 Å². The molecule has 0 bridgehead atoms. The van der Waals surface area contributed by atoms with Crippen LogP contribution in [-0.4, -0.2) is 34.2 Å². The molecular formula is C31H31N3O5S. The molecule has 4 aromatic carbocycles. The monoisotopic (exact) mass is 557 g/mol. The van der Waals surface area contributed by atoms with Crippen LogP contribution in [-0.2, 0) is 21.4 Å². The van der Waals surface area contributed by atoms with Crippen LogP contribution in [0.25, 0.3) is 0 Å². The second-order valence-electron chi connectivity index (χ2n) is 9.11. The summed E-state index contributed by atoms with van der Waals surface area (Å²) in [6.07, 6.45) is 1.46. The normalized spacial score (nSPS) is 11.3. The van der Waals surface area contributed by atoms with Crippen molar-refractivity contribution in [2.75, 3.05) is 18.0 Å². The summed E-state index contributed by atoms with van der Waals surface area (Å²) in [4.78, 5) is 13.1. The number of ether oxygens (including phenoxy) is 2. The summed E-state index contributed by atoms with van der Waals surface area (Å²) in [6, 6.07) is 28.7. The van der Waals surface area contributed by atoms with Gasteiger partial charge in [-0.15, -0.1) is 0 Å². The van der Waals surface area contributed by atoms with Gasteiger partial charge in [0.1, 0.15) is 24.7 Å². The second kappa shape index (κ2) is 12.9. The molecule has 0 heterocycles. The number of nitrogens with zero attached hydrogens (tertiary/aromatic N) is 2. The van der Waals surface area contributed by atoms with Gasteiger partial charge in [0.2, 0.25) is 0 Å². The first-order valence-corrected chi connectivity index (χ1v) is 14.0. The van der Waals surface area contributed by atoms with Gasteiger partial charge in [-0.05, 0) is 61.4 Å². The second-order valence-corrected chi connectivity index (χ2v) is 11.0. The van der Waals surface area contributed by atoms with E-state index in [0.717, 1.165) is 21.0 Å². The van der Waals surface area contributed by atoms with E-state index in [1.807, 2.05) is 68.4 Å². The van der Waals surface area contributed by atoms with E-state index in [0.29, 0.717) is 23.7 Å². The molecule has 40 heavy (non-hydrogen) atoms. The number of rotatable bonds is 11. The number of para-hydroxylation sites is 1. The number of hydrogen-bond donors (Lipinski definition) is 1. The molecule has 0 radical (unpaired) electrons. The van der Waals surface area contributed by atoms with Crippen molar-refractivity contribution < 1.29 is 22.7 Å². The fraction of sp³-hybridized carbons (Fsp3) is 0.161. The van der Waals surface area contributed by atoms with Crippen molar-refractivity contribution in [2.45, 2.75) is 25.3 Å². The summed E-state index contributed by atoms with van der Waals surface area (Å²) in [5, 5.41) is 4.07. The lowest BCUT2D eigenvalue weighted by Crippen LogP contribution is -2.39. The zero-order valence-electron chi connectivity index (χ0n) is 22.6. The minimum absolute atomic E-state index is 0.0578. The molecule has 0 aliphatic heterocycles. The predicted octanol–water partition coefficient (Wildman–Crippen LogP) is 5.24. The average Bonchev–Trinajstić information content (AvgIpc) is 2.96. The summed E-state index contributed by atoms with van der Waals surface area (Å²) in [6.45, 7) is 3.57. The zero-order chi connectivity index (χ0) is 28.5. The standard InChI is InChI=1S/C31H31N3O5S/c1-23-13-16-27(17-14-23)40(36,37)34(28-19-24(2)15-18-30(28)38-3)21-31(35)33-32-20-26-11-7-8-12-29(26)39-22-25-9-5-4-6-10-25/h4-20H,21-22H2,1-3H3,(H,33,35)/b32-20-. The van der Waals surface area contributed by atoms with E-state index in [9.17, 15) is 13.2 Å². The number of carbonyl (C=O) groups excluding carboxylic acids is 1. The van der Waals surface area contributed by atoms with Crippen molar-refractivity contribution in [1.29, 1.82) is 0 Å². The van der Waals surface area contributed by atoms with Gasteiger partial charge in [0, 0.05) is 5.56 Å². The van der Waals surface area contributed by atoms with Crippen molar-refractivity contribution in [3.05, 3.63) is 119 Å². The molecule has 1 amide bonds. The zero-order valence-corrected chi connectivity index (χ0v) is 23.4. The van der Waals surface area contributed by atoms with Crippen LogP contribution in [0.15, 0.2) is 107 Å². The molecule has 0 saturated heterocycles. The van der Waals surface area contributed by atoms with Gasteiger partial charge in [-0.3, -0.25) is 9.10 Å². The van der Waals surface area contributed by atoms with Gasteiger partial charge in [0.05, 0.1) is 23.9 Å². The van der Waals surface area contributed by atoms with E-state index < -0.39 is 22.5 Å². The lowest BCUT2D eigenvalue weighted by atomic mass is 10.2. The molecule has 206 valence electrons. The fourth-order valence-corrected chi connectivity index (χ4v) is 5.35. The number of carbonyl (C=O) groups is 1. The summed E-state index contributed by atoms with van der Waals surface area (Å²) >= 11 is 0. The van der Waals surface area contributed by atoms with Crippen LogP contribution in [0.2, 0.25) is 0 Å². The molecule has 8 nitrogen and oxygen atoms in total. The fourth-order valence-electron chi connectivity index (χ4n) is 3.93. The minimum atomic E-state index is -4.11. The van der Waals surface area contributed by atoms with Crippen LogP contribution in [0.5, 0.6) is 11.5 Å². The molecule has 0 unspecified atom stereocenters. The average molecular weight is 558 g/mol. The van der Waals surface area contributed by atoms with Gasteiger partial charge in [0.15, 0.2) is 0 Å². The van der Waals surface area contributed by atoms with E-state index in [1.165, 1.54) is 25.5 Å². The molecule has 0 aliphatic carbocycles. The first-order chi connectivity index (χ1) is 19.3. The van der Waals surface area contributed by atoms with Crippen LogP contribution in [0.3, 0.4) is 0 Å². The Morgan fingerprint density at radius 3 is 2.27 bits per heavy atom. The maximum Gasteiger partial charge on any atom is 0.264 e. The Morgan fingerprint density at radius 2 is 1.55 bits per heavy atom. The maximum absolute atomic E-state index is 13.7. The minimum Gasteiger partial charge on any atom is -0.495 e. The lowest BCUT2D eigenvalue weighted by molar-refractivity contribution is -0.119. The lowest BCUT2D eigenvalue weighted by Gasteiger charge is -2.25. The first-order valence-electron chi connectivity index (χ1n) is 12.6. The molecule has 0 saturated carbocycles. The molecule has 0 atom stereocenters. The third-order valence-corrected chi connectivity index (χ3v) is 7.82. The van der Waals surface area contributed by atoms with Crippen molar-refractivity contribution in [3.8, 4) is 11.5 Å². The van der Waals surface area contributed by atoms with Crippen LogP contribution >= 0.6 is 0 Å². The van der Waals surface area contributed by atoms with Crippen molar-refractivity contribution in [3.63, 3.8) is 0 Å². The number of hydrazone groups is 1. The van der Waals surface area contributed by atoms with Gasteiger partial charge in [0.25, 0.3) is 15.9 Å². The Bertz CT molecular complexity index is 1590. The number of hydrogen-bond acceptors (Lipinski definition) is 6. The molecule has 0 spiro atoms. The van der Waals surface area contributed by atoms with Crippen LogP contribution in [0.4, 0.5) is 5.69 Å². The Hall–Kier alpha value is -4.63. The molecule has 0 aliphatic rings. The summed E-state index contributed by atoms with van der Waals surface area (Å²) in [5.41, 5.74) is 6.10. The van der Waals surface area contributed by atoms with Crippen LogP contribution < -0.4 is 19.2 Å². The third kappa shape index (κ3) is 7.06. The number of nitrogens with one attached hydrogen (secondary N) is 1. The van der Waals surface area contributed by atoms with Gasteiger partial charge >= 0.3 is 0 Å². The summed E-state index contributed by atoms with van der Waals surface area (Å²) in [5.74, 6) is 0.290. The highest BCUT2D eigenvalue weighted by molar-refractivity contribution is 7.92. The summed E-state index contributed by atoms with van der Waals surface area (Å²) in [7, 11) is -2.66. The van der Waals surface area contributed by atoms with Crippen LogP contribution in [0.1, 0.15) is 22.3 Å². The quantitative estimate of drug-likeness (QED) is 0.201. The maximum atomic E-state index is 13.7. The van der Waals surface area contributed by atoms with Gasteiger partial charge in [-0.25, -0.2) is 13.8 Å². The van der Waals surface area contributed by atoms with Gasteiger partial charge in [-0.1, -0.05) is 66.2 Å². The topological polar surface area (TPSA) is 97.3 Å². The number of aryl methyl sites for hydroxylation is 2. The smallest absolute Gasteiger partial charge is 0.264 e. The highest BCUT2D eigenvalue weighted by Gasteiger charge is 2.29. The Balaban J connectivity index is 1.54. The molecule has 4 aromatic rings. The molecule has 1 N–H and O–H groups in total. The molecular weight excluding hydrogens is 526 g/mol. The van der Waals surface area contributed by atoms with Gasteiger partial charge in [-0.2, -0.15) is 5.10 Å². The predicted molar refractivity (Wildman–Crippen MR) is 156 cm³/mol.